The summed E-state index contributed by atoms with van der Waals surface area (Å²) in [6, 6.07) is 14.6. The second kappa shape index (κ2) is 15.9. The zero-order chi connectivity index (χ0) is 34.8. The number of aromatic nitrogens is 2. The van der Waals surface area contributed by atoms with Crippen LogP contribution in [0, 0.1) is 51.5 Å². The van der Waals surface area contributed by atoms with Crippen LogP contribution in [0.25, 0.3) is 32.9 Å². The minimum Gasteiger partial charge on any atom is 0 e. The first kappa shape index (κ1) is 40.8. The van der Waals surface area contributed by atoms with Crippen LogP contribution in [0.3, 0.4) is 0 Å². The number of fused-ring (bicyclic) bond motifs is 3. The monoisotopic (exact) mass is 876 g/mol. The number of aliphatic hydroxyl groups is 1. The maximum Gasteiger partial charge on any atom is 0 e. The fraction of sp³-hybridized carbons (Fsp3) is 0.488. The molecule has 0 saturated heterocycles. The molecular weight excluding hydrogens is 817 g/mol. The molecule has 4 rings (SSSR count). The van der Waals surface area contributed by atoms with E-state index in [4.69, 9.17) is 9.97 Å². The van der Waals surface area contributed by atoms with Crippen LogP contribution in [0.2, 0.25) is 17.3 Å². The van der Waals surface area contributed by atoms with Gasteiger partial charge in [-0.2, -0.15) is 0 Å². The van der Waals surface area contributed by atoms with Gasteiger partial charge in [0.25, 0.3) is 0 Å². The van der Waals surface area contributed by atoms with Gasteiger partial charge in [0, 0.05) is 37.0 Å². The summed E-state index contributed by atoms with van der Waals surface area (Å²) < 4.78 is 1.60. The SMILES string of the molecule is CCC(C)(CC)C(=O)/C=C(\O)C(C)(CC)CC.Cc1[c-]c(-c2nc(C)nc3c2ccc2cc(C)[c]([Ge]([CH3])([CH3])[CH3])c(C)c23)cc(C)c1.[Ir]. The van der Waals surface area contributed by atoms with Crippen LogP contribution in [-0.2, 0) is 24.9 Å². The topological polar surface area (TPSA) is 63.1 Å². The molecule has 47 heavy (non-hydrogen) atoms. The van der Waals surface area contributed by atoms with E-state index in [-0.39, 0.29) is 42.5 Å². The van der Waals surface area contributed by atoms with Gasteiger partial charge in [-0.15, -0.1) is 0 Å². The van der Waals surface area contributed by atoms with Gasteiger partial charge >= 0.3 is 177 Å². The Morgan fingerprint density at radius 1 is 0.872 bits per heavy atom. The van der Waals surface area contributed by atoms with E-state index in [1.165, 1.54) is 33.5 Å². The predicted octanol–water partition coefficient (Wildman–Crippen LogP) is 11.0. The third-order valence-corrected chi connectivity index (χ3v) is 15.0. The van der Waals surface area contributed by atoms with Crippen molar-refractivity contribution < 1.29 is 30.0 Å². The van der Waals surface area contributed by atoms with Crippen molar-refractivity contribution in [1.29, 1.82) is 0 Å². The van der Waals surface area contributed by atoms with Crippen LogP contribution < -0.4 is 4.40 Å². The summed E-state index contributed by atoms with van der Waals surface area (Å²) >= 11 is -2.03. The van der Waals surface area contributed by atoms with Crippen molar-refractivity contribution >= 4 is 45.1 Å². The van der Waals surface area contributed by atoms with Crippen molar-refractivity contribution in [2.45, 2.75) is 119 Å². The molecule has 4 aromatic rings. The number of ketones is 1. The quantitative estimate of drug-likeness (QED) is 0.0598. The number of benzene rings is 3. The summed E-state index contributed by atoms with van der Waals surface area (Å²) in [4.78, 5) is 22.0. The first-order valence-electron chi connectivity index (χ1n) is 17.0. The smallest absolute Gasteiger partial charge is 0 e. The summed E-state index contributed by atoms with van der Waals surface area (Å²) in [5, 5.41) is 13.8. The van der Waals surface area contributed by atoms with Crippen molar-refractivity contribution in [3.63, 3.8) is 0 Å². The number of aliphatic hydroxyl groups excluding tert-OH is 1. The van der Waals surface area contributed by atoms with E-state index in [1.807, 2.05) is 48.5 Å². The van der Waals surface area contributed by atoms with E-state index in [1.54, 1.807) is 4.40 Å². The van der Waals surface area contributed by atoms with Gasteiger partial charge in [0.15, 0.2) is 5.78 Å². The van der Waals surface area contributed by atoms with Gasteiger partial charge in [0.1, 0.15) is 5.76 Å². The normalized spacial score (nSPS) is 12.5. The predicted molar refractivity (Wildman–Crippen MR) is 201 cm³/mol. The molecule has 0 saturated carbocycles. The average Bonchev–Trinajstić information content (AvgIpc) is 2.98. The largest absolute Gasteiger partial charge is 0 e. The Hall–Kier alpha value is -2.34. The van der Waals surface area contributed by atoms with Crippen LogP contribution in [0.15, 0.2) is 42.2 Å². The summed E-state index contributed by atoms with van der Waals surface area (Å²) in [5.41, 5.74) is 7.71. The Balaban J connectivity index is 0.000000370. The van der Waals surface area contributed by atoms with Crippen molar-refractivity contribution in [1.82, 2.24) is 9.97 Å². The summed E-state index contributed by atoms with van der Waals surface area (Å²) in [5.74, 6) is 8.52. The number of hydrogen-bond acceptors (Lipinski definition) is 4. The van der Waals surface area contributed by atoms with Crippen molar-refractivity contribution in [3.05, 3.63) is 76.3 Å². The Morgan fingerprint density at radius 2 is 1.45 bits per heavy atom. The number of hydrogen-bond donors (Lipinski definition) is 1. The van der Waals surface area contributed by atoms with E-state index in [0.717, 1.165) is 59.2 Å². The van der Waals surface area contributed by atoms with Crippen LogP contribution in [-0.4, -0.2) is 34.1 Å². The fourth-order valence-corrected chi connectivity index (χ4v) is 11.9. The molecule has 1 aromatic heterocycles. The van der Waals surface area contributed by atoms with E-state index in [2.05, 4.69) is 81.4 Å². The Labute approximate surface area is 301 Å². The van der Waals surface area contributed by atoms with Gasteiger partial charge in [-0.25, -0.2) is 0 Å². The van der Waals surface area contributed by atoms with E-state index < -0.39 is 13.3 Å². The van der Waals surface area contributed by atoms with Crippen LogP contribution in [0.4, 0.5) is 0 Å². The molecule has 4 nitrogen and oxygen atoms in total. The van der Waals surface area contributed by atoms with E-state index >= 15 is 0 Å². The number of allylic oxidation sites excluding steroid dienone is 2. The zero-order valence-corrected chi connectivity index (χ0v) is 35.9. The molecule has 1 radical (unpaired) electrons. The second-order valence-corrected chi connectivity index (χ2v) is 25.3. The average molecular weight is 875 g/mol. The third kappa shape index (κ3) is 8.83. The van der Waals surface area contributed by atoms with Crippen molar-refractivity contribution in [2.24, 2.45) is 10.8 Å². The van der Waals surface area contributed by atoms with E-state index in [9.17, 15) is 9.90 Å². The third-order valence-electron chi connectivity index (χ3n) is 10.3. The molecule has 1 N–H and O–H groups in total. The van der Waals surface area contributed by atoms with Crippen LogP contribution in [0.1, 0.15) is 95.3 Å². The Kier molecular flexibility index (Phi) is 13.8. The van der Waals surface area contributed by atoms with Gasteiger partial charge in [-0.1, -0.05) is 41.5 Å². The minimum absolute atomic E-state index is 0. The van der Waals surface area contributed by atoms with Gasteiger partial charge < -0.3 is 5.11 Å². The van der Waals surface area contributed by atoms with Crippen LogP contribution in [0.5, 0.6) is 0 Å². The molecule has 0 aliphatic heterocycles. The number of aryl methyl sites for hydroxylation is 5. The standard InChI is InChI=1S/C26H29GeN2.C15H28O2.Ir/c1-15-11-16(2)13-21(12-15)25-22-10-9-20-14-17(3)24(27(6,7)8)18(4)23(20)26(22)29-19(5)28-25;1-7-14(5,8-2)12(16)11-13(17)15(6,9-3)10-4;/h9-12,14H,1-8H3;11,16H,7-10H2,1-6H3;/q-1;;/b;12-11-;. The Bertz CT molecular complexity index is 1760. The van der Waals surface area contributed by atoms with Crippen molar-refractivity contribution in [3.8, 4) is 11.3 Å². The van der Waals surface area contributed by atoms with Gasteiger partial charge in [-0.05, 0) is 25.7 Å². The summed E-state index contributed by atoms with van der Waals surface area (Å²) in [6.07, 6.45) is 4.75. The molecular formula is C41H57GeIrN2O2-. The number of rotatable bonds is 9. The van der Waals surface area contributed by atoms with Gasteiger partial charge in [0.2, 0.25) is 0 Å². The van der Waals surface area contributed by atoms with Crippen molar-refractivity contribution in [2.75, 3.05) is 0 Å². The van der Waals surface area contributed by atoms with Gasteiger partial charge in [-0.3, -0.25) is 4.79 Å². The molecule has 0 amide bonds. The van der Waals surface area contributed by atoms with Crippen LogP contribution >= 0.6 is 0 Å². The maximum atomic E-state index is 12.2. The molecule has 0 spiro atoms. The second-order valence-electron chi connectivity index (χ2n) is 14.8. The zero-order valence-electron chi connectivity index (χ0n) is 31.4. The Morgan fingerprint density at radius 3 is 1.96 bits per heavy atom. The number of carbonyl (C=O) groups is 1. The minimum atomic E-state index is -2.03. The number of carbonyl (C=O) groups excluding carboxylic acids is 1. The molecule has 6 heteroatoms. The molecule has 0 aliphatic carbocycles. The molecule has 0 unspecified atom stereocenters. The fourth-order valence-electron chi connectivity index (χ4n) is 6.63. The van der Waals surface area contributed by atoms with Gasteiger partial charge in [0.05, 0.1) is 0 Å². The molecule has 0 bridgehead atoms. The molecule has 0 fully saturated rings. The first-order valence-corrected chi connectivity index (χ1v) is 24.4. The first-order chi connectivity index (χ1) is 21.3. The molecule has 3 aromatic carbocycles. The molecule has 257 valence electrons. The molecule has 1 heterocycles. The molecule has 0 atom stereocenters. The summed E-state index contributed by atoms with van der Waals surface area (Å²) in [6.45, 7) is 22.9. The maximum absolute atomic E-state index is 12.2. The summed E-state index contributed by atoms with van der Waals surface area (Å²) in [7, 11) is 0. The molecule has 0 aliphatic rings. The van der Waals surface area contributed by atoms with E-state index in [0.29, 0.717) is 0 Å². The number of nitrogens with zero attached hydrogens (tertiary/aromatic N) is 2.